The molecule has 9 nitrogen and oxygen atoms in total. The minimum absolute atomic E-state index is 0.0705. The first kappa shape index (κ1) is 26.0. The minimum Gasteiger partial charge on any atom is -0.469 e. The van der Waals surface area contributed by atoms with Crippen LogP contribution in [0.5, 0.6) is 11.5 Å². The number of aryl methyl sites for hydroxylation is 1. The van der Waals surface area contributed by atoms with Crippen LogP contribution in [0.1, 0.15) is 29.3 Å². The largest absolute Gasteiger partial charge is 0.469 e. The van der Waals surface area contributed by atoms with Crippen molar-refractivity contribution in [1.82, 2.24) is 25.1 Å². The van der Waals surface area contributed by atoms with E-state index >= 15 is 4.39 Å². The van der Waals surface area contributed by atoms with Crippen LogP contribution in [0, 0.1) is 5.82 Å². The summed E-state index contributed by atoms with van der Waals surface area (Å²) in [6.45, 7) is 0. The number of halogens is 1. The lowest BCUT2D eigenvalue weighted by Gasteiger charge is -2.13. The molecule has 6 aromatic rings. The lowest BCUT2D eigenvalue weighted by atomic mass is 10.0. The zero-order chi connectivity index (χ0) is 28.3. The quantitative estimate of drug-likeness (QED) is 0.162. The van der Waals surface area contributed by atoms with Crippen molar-refractivity contribution in [3.05, 3.63) is 108 Å². The van der Waals surface area contributed by atoms with Crippen LogP contribution in [0.25, 0.3) is 33.5 Å². The van der Waals surface area contributed by atoms with Crippen molar-refractivity contribution in [2.45, 2.75) is 18.9 Å². The molecule has 0 aliphatic rings. The van der Waals surface area contributed by atoms with Gasteiger partial charge in [0.25, 0.3) is 0 Å². The summed E-state index contributed by atoms with van der Waals surface area (Å²) < 4.78 is 26.1. The molecule has 0 bridgehead atoms. The van der Waals surface area contributed by atoms with E-state index in [2.05, 4.69) is 25.1 Å². The van der Waals surface area contributed by atoms with Crippen molar-refractivity contribution in [2.75, 3.05) is 7.11 Å². The number of hydrogen-bond donors (Lipinski definition) is 4. The highest BCUT2D eigenvalue weighted by molar-refractivity contribution is 5.97. The molecular weight excluding hydrogens is 525 g/mol. The molecule has 0 spiro atoms. The highest BCUT2D eigenvalue weighted by atomic mass is 19.1. The molecule has 1 unspecified atom stereocenters. The van der Waals surface area contributed by atoms with E-state index in [9.17, 15) is 9.90 Å². The number of methoxy groups -OCH3 is 1. The van der Waals surface area contributed by atoms with Crippen LogP contribution >= 0.6 is 0 Å². The molecule has 0 aliphatic heterocycles. The van der Waals surface area contributed by atoms with Crippen LogP contribution < -0.4 is 4.74 Å². The number of H-pyrrole nitrogens is 3. The van der Waals surface area contributed by atoms with Gasteiger partial charge in [-0.1, -0.05) is 36.4 Å². The summed E-state index contributed by atoms with van der Waals surface area (Å²) in [4.78, 5) is 22.2. The van der Waals surface area contributed by atoms with Gasteiger partial charge in [-0.05, 0) is 41.8 Å². The molecule has 10 heteroatoms. The maximum Gasteiger partial charge on any atom is 0.305 e. The molecular formula is C31H26FN5O4. The number of imidazole rings is 1. The molecule has 0 saturated carbocycles. The molecule has 4 N–H and O–H groups in total. The summed E-state index contributed by atoms with van der Waals surface area (Å²) in [5.74, 6) is 0.189. The molecule has 1 atom stereocenters. The number of fused-ring (bicyclic) bond motifs is 1. The third kappa shape index (κ3) is 5.32. The van der Waals surface area contributed by atoms with Gasteiger partial charge in [-0.15, -0.1) is 0 Å². The van der Waals surface area contributed by atoms with Gasteiger partial charge in [-0.2, -0.15) is 5.10 Å². The topological polar surface area (TPSA) is 129 Å². The Morgan fingerprint density at radius 2 is 1.98 bits per heavy atom. The summed E-state index contributed by atoms with van der Waals surface area (Å²) in [6, 6.07) is 19.5. The predicted octanol–water partition coefficient (Wildman–Crippen LogP) is 6.07. The Balaban J connectivity index is 1.26. The van der Waals surface area contributed by atoms with Crippen LogP contribution in [0.4, 0.5) is 4.39 Å². The molecule has 0 aliphatic carbocycles. The first-order valence-corrected chi connectivity index (χ1v) is 13.0. The van der Waals surface area contributed by atoms with Gasteiger partial charge in [0.15, 0.2) is 11.6 Å². The number of nitrogens with one attached hydrogen (secondary N) is 3. The van der Waals surface area contributed by atoms with Gasteiger partial charge >= 0.3 is 5.97 Å². The van der Waals surface area contributed by atoms with Crippen LogP contribution in [0.3, 0.4) is 0 Å². The molecule has 3 heterocycles. The fourth-order valence-corrected chi connectivity index (χ4v) is 4.81. The maximum absolute atomic E-state index is 15.3. The Morgan fingerprint density at radius 3 is 2.80 bits per heavy atom. The third-order valence-corrected chi connectivity index (χ3v) is 6.86. The van der Waals surface area contributed by atoms with Gasteiger partial charge in [0.2, 0.25) is 0 Å². The van der Waals surface area contributed by atoms with Gasteiger partial charge in [0.05, 0.1) is 30.3 Å². The van der Waals surface area contributed by atoms with Crippen molar-refractivity contribution in [2.24, 2.45) is 0 Å². The molecule has 3 aromatic heterocycles. The number of carbonyl (C=O) groups excluding carboxylic acids is 1. The number of nitrogens with zero attached hydrogens (tertiary/aromatic N) is 2. The fourth-order valence-electron chi connectivity index (χ4n) is 4.81. The molecule has 206 valence electrons. The van der Waals surface area contributed by atoms with E-state index in [4.69, 9.17) is 9.47 Å². The number of rotatable bonds is 9. The summed E-state index contributed by atoms with van der Waals surface area (Å²) in [7, 11) is 1.36. The van der Waals surface area contributed by atoms with E-state index in [-0.39, 0.29) is 18.1 Å². The first-order chi connectivity index (χ1) is 20.0. The van der Waals surface area contributed by atoms with Gasteiger partial charge in [-0.3, -0.25) is 9.89 Å². The minimum atomic E-state index is -0.951. The van der Waals surface area contributed by atoms with Crippen LogP contribution in [-0.2, 0) is 16.0 Å². The summed E-state index contributed by atoms with van der Waals surface area (Å²) >= 11 is 0. The monoisotopic (exact) mass is 551 g/mol. The van der Waals surface area contributed by atoms with Crippen molar-refractivity contribution in [1.29, 1.82) is 0 Å². The fraction of sp³-hybridized carbons (Fsp3) is 0.129. The number of hydrogen-bond acceptors (Lipinski definition) is 6. The van der Waals surface area contributed by atoms with Gasteiger partial charge in [0, 0.05) is 41.3 Å². The van der Waals surface area contributed by atoms with Crippen molar-refractivity contribution < 1.29 is 23.8 Å². The number of aliphatic hydroxyl groups is 1. The van der Waals surface area contributed by atoms with Crippen LogP contribution in [0.2, 0.25) is 0 Å². The average Bonchev–Trinajstić information content (AvgIpc) is 3.79. The molecule has 0 fully saturated rings. The van der Waals surface area contributed by atoms with Gasteiger partial charge < -0.3 is 24.5 Å². The zero-order valence-corrected chi connectivity index (χ0v) is 22.0. The number of carbonyl (C=O) groups is 1. The Hall–Kier alpha value is -5.22. The number of esters is 1. The van der Waals surface area contributed by atoms with Crippen LogP contribution in [-0.4, -0.2) is 43.3 Å². The van der Waals surface area contributed by atoms with E-state index in [1.54, 1.807) is 42.9 Å². The van der Waals surface area contributed by atoms with Gasteiger partial charge in [0.1, 0.15) is 17.7 Å². The number of aromatic nitrogens is 5. The lowest BCUT2D eigenvalue weighted by Crippen LogP contribution is -2.04. The molecule has 6 rings (SSSR count). The number of ether oxygens (including phenoxy) is 2. The molecule has 0 radical (unpaired) electrons. The lowest BCUT2D eigenvalue weighted by molar-refractivity contribution is -0.140. The normalized spacial score (nSPS) is 12.0. The second-order valence-corrected chi connectivity index (χ2v) is 9.51. The Morgan fingerprint density at radius 1 is 1.10 bits per heavy atom. The van der Waals surface area contributed by atoms with Crippen LogP contribution in [0.15, 0.2) is 85.3 Å². The second-order valence-electron chi connectivity index (χ2n) is 9.51. The Bertz CT molecular complexity index is 1830. The Labute approximate surface area is 234 Å². The number of aromatic amines is 3. The summed E-state index contributed by atoms with van der Waals surface area (Å²) in [5, 5.41) is 18.7. The van der Waals surface area contributed by atoms with E-state index in [0.29, 0.717) is 51.6 Å². The highest BCUT2D eigenvalue weighted by Gasteiger charge is 2.20. The molecule has 3 aromatic carbocycles. The molecule has 41 heavy (non-hydrogen) atoms. The molecule has 0 amide bonds. The van der Waals surface area contributed by atoms with E-state index in [1.165, 1.54) is 13.2 Å². The second kappa shape index (κ2) is 11.1. The maximum atomic E-state index is 15.3. The first-order valence-electron chi connectivity index (χ1n) is 13.0. The number of benzene rings is 3. The highest BCUT2D eigenvalue weighted by Crippen LogP contribution is 2.41. The summed E-state index contributed by atoms with van der Waals surface area (Å²) in [5.41, 5.74) is 4.60. The predicted molar refractivity (Wildman–Crippen MR) is 151 cm³/mol. The average molecular weight is 552 g/mol. The zero-order valence-electron chi connectivity index (χ0n) is 22.0. The Kier molecular flexibility index (Phi) is 7.05. The van der Waals surface area contributed by atoms with E-state index in [0.717, 1.165) is 10.9 Å². The van der Waals surface area contributed by atoms with E-state index in [1.807, 2.05) is 36.4 Å². The SMILES string of the molecule is COC(=O)CCc1cccc(C(O)c2cnc(-c3cccc(Oc4c(F)cc5[nH]ccc5c4-c4ccn[nH]4)c3)[nH]2)c1. The number of aliphatic hydroxyl groups excluding tert-OH is 1. The van der Waals surface area contributed by atoms with Crippen molar-refractivity contribution in [3.63, 3.8) is 0 Å². The van der Waals surface area contributed by atoms with Crippen molar-refractivity contribution >= 4 is 16.9 Å². The standard InChI is InChI=1S/C31H26FN5O4/c1-40-27(38)9-8-18-4-2-5-19(14-18)29(39)26-17-34-31(36-26)20-6-3-7-21(15-20)41-30-23(32)16-25-22(10-12-33-25)28(30)24-11-13-35-37-24/h2-7,10-17,29,33,39H,8-9H2,1H3,(H,34,36)(H,35,37). The smallest absolute Gasteiger partial charge is 0.305 e. The van der Waals surface area contributed by atoms with E-state index < -0.39 is 11.9 Å². The summed E-state index contributed by atoms with van der Waals surface area (Å²) in [6.07, 6.45) is 4.74. The van der Waals surface area contributed by atoms with Gasteiger partial charge in [-0.25, -0.2) is 9.37 Å². The van der Waals surface area contributed by atoms with Crippen molar-refractivity contribution in [3.8, 4) is 34.1 Å². The molecule has 0 saturated heterocycles. The third-order valence-electron chi connectivity index (χ3n) is 6.86.